The average molecular weight is 459 g/mol. The predicted octanol–water partition coefficient (Wildman–Crippen LogP) is 5.28. The molecule has 4 aromatic rings. The molecule has 1 N–H and O–H groups in total. The normalized spacial score (nSPS) is 11.7. The third-order valence-corrected chi connectivity index (χ3v) is 5.32. The molecule has 0 fully saturated rings. The molecule has 0 unspecified atom stereocenters. The van der Waals surface area contributed by atoms with E-state index in [0.717, 1.165) is 11.6 Å². The molecule has 0 aliphatic carbocycles. The molecule has 0 bridgehead atoms. The van der Waals surface area contributed by atoms with Crippen LogP contribution in [-0.4, -0.2) is 27.2 Å². The van der Waals surface area contributed by atoms with E-state index in [1.54, 1.807) is 19.2 Å². The van der Waals surface area contributed by atoms with Gasteiger partial charge in [-0.3, -0.25) is 9.48 Å². The number of alkyl halides is 3. The number of amides is 1. The number of carbonyl (C=O) groups is 1. The van der Waals surface area contributed by atoms with Gasteiger partial charge in [0, 0.05) is 24.2 Å². The molecule has 0 aliphatic rings. The van der Waals surface area contributed by atoms with Crippen molar-refractivity contribution in [3.05, 3.63) is 82.5 Å². The van der Waals surface area contributed by atoms with E-state index in [1.807, 2.05) is 12.1 Å². The van der Waals surface area contributed by atoms with Crippen molar-refractivity contribution in [1.82, 2.24) is 20.1 Å². The standard InChI is InChI=1S/C23H18ClF3N4O/c1-31-21-18(13-29-31)17(22(32)28-11-10-14-6-8-15(24)9-7-14)12-20(30-21)16-4-2-3-5-19(16)23(25,26)27/h2-9,12-13H,10-11H2,1H3,(H,28,32). The Hall–Kier alpha value is -3.39. The Labute approximate surface area is 186 Å². The fourth-order valence-corrected chi connectivity index (χ4v) is 3.59. The first-order valence-electron chi connectivity index (χ1n) is 9.76. The molecule has 5 nitrogen and oxygen atoms in total. The van der Waals surface area contributed by atoms with Crippen LogP contribution in [0, 0.1) is 0 Å². The summed E-state index contributed by atoms with van der Waals surface area (Å²) < 4.78 is 42.1. The van der Waals surface area contributed by atoms with E-state index in [0.29, 0.717) is 29.0 Å². The quantitative estimate of drug-likeness (QED) is 0.442. The lowest BCUT2D eigenvalue weighted by molar-refractivity contribution is -0.137. The van der Waals surface area contributed by atoms with Gasteiger partial charge in [0.15, 0.2) is 5.65 Å². The smallest absolute Gasteiger partial charge is 0.352 e. The number of hydrogen-bond donors (Lipinski definition) is 1. The van der Waals surface area contributed by atoms with Gasteiger partial charge in [-0.05, 0) is 36.2 Å². The minimum Gasteiger partial charge on any atom is -0.352 e. The van der Waals surface area contributed by atoms with Gasteiger partial charge in [-0.15, -0.1) is 0 Å². The summed E-state index contributed by atoms with van der Waals surface area (Å²) in [5.41, 5.74) is 0.669. The van der Waals surface area contributed by atoms with Crippen LogP contribution in [0.15, 0.2) is 60.8 Å². The van der Waals surface area contributed by atoms with Gasteiger partial charge in [0.1, 0.15) is 0 Å². The molecule has 2 aromatic heterocycles. The highest BCUT2D eigenvalue weighted by Gasteiger charge is 2.34. The molecule has 0 aliphatic heterocycles. The summed E-state index contributed by atoms with van der Waals surface area (Å²) >= 11 is 5.88. The third kappa shape index (κ3) is 4.45. The first kappa shape index (κ1) is 21.8. The van der Waals surface area contributed by atoms with Gasteiger partial charge in [0.2, 0.25) is 0 Å². The second-order valence-electron chi connectivity index (χ2n) is 7.24. The van der Waals surface area contributed by atoms with Crippen LogP contribution in [0.4, 0.5) is 13.2 Å². The number of halogens is 4. The molecule has 0 atom stereocenters. The van der Waals surface area contributed by atoms with Crippen LogP contribution >= 0.6 is 11.6 Å². The molecule has 0 radical (unpaired) electrons. The monoisotopic (exact) mass is 458 g/mol. The summed E-state index contributed by atoms with van der Waals surface area (Å²) in [5.74, 6) is -0.412. The van der Waals surface area contributed by atoms with Crippen LogP contribution in [0.3, 0.4) is 0 Å². The second-order valence-corrected chi connectivity index (χ2v) is 7.67. The summed E-state index contributed by atoms with van der Waals surface area (Å²) in [5, 5.41) is 8.04. The van der Waals surface area contributed by atoms with Crippen molar-refractivity contribution in [3.63, 3.8) is 0 Å². The SMILES string of the molecule is Cn1ncc2c(C(=O)NCCc3ccc(Cl)cc3)cc(-c3ccccc3C(F)(F)F)nc21. The molecule has 0 spiro atoms. The second kappa shape index (κ2) is 8.63. The number of aromatic nitrogens is 3. The molecular formula is C23H18ClF3N4O. The summed E-state index contributed by atoms with van der Waals surface area (Å²) in [4.78, 5) is 17.3. The van der Waals surface area contributed by atoms with Crippen molar-refractivity contribution in [1.29, 1.82) is 0 Å². The van der Waals surface area contributed by atoms with Gasteiger partial charge in [0.25, 0.3) is 5.91 Å². The zero-order chi connectivity index (χ0) is 22.9. The molecule has 0 saturated heterocycles. The van der Waals surface area contributed by atoms with Crippen molar-refractivity contribution in [2.75, 3.05) is 6.54 Å². The minimum atomic E-state index is -4.55. The largest absolute Gasteiger partial charge is 0.417 e. The van der Waals surface area contributed by atoms with E-state index in [1.165, 1.54) is 35.1 Å². The van der Waals surface area contributed by atoms with Gasteiger partial charge >= 0.3 is 6.18 Å². The highest BCUT2D eigenvalue weighted by Crippen LogP contribution is 2.37. The minimum absolute atomic E-state index is 0.0527. The van der Waals surface area contributed by atoms with Gasteiger partial charge < -0.3 is 5.32 Å². The van der Waals surface area contributed by atoms with Crippen molar-refractivity contribution < 1.29 is 18.0 Å². The number of benzene rings is 2. The Kier molecular flexibility index (Phi) is 5.88. The highest BCUT2D eigenvalue weighted by atomic mass is 35.5. The van der Waals surface area contributed by atoms with Gasteiger partial charge in [-0.25, -0.2) is 4.98 Å². The van der Waals surface area contributed by atoms with Crippen molar-refractivity contribution in [3.8, 4) is 11.3 Å². The van der Waals surface area contributed by atoms with Crippen LogP contribution < -0.4 is 5.32 Å². The number of carbonyl (C=O) groups excluding carboxylic acids is 1. The van der Waals surface area contributed by atoms with E-state index in [4.69, 9.17) is 11.6 Å². The maximum absolute atomic E-state index is 13.5. The Bertz CT molecular complexity index is 1280. The van der Waals surface area contributed by atoms with Crippen molar-refractivity contribution in [2.45, 2.75) is 12.6 Å². The zero-order valence-corrected chi connectivity index (χ0v) is 17.7. The van der Waals surface area contributed by atoms with Crippen LogP contribution in [0.2, 0.25) is 5.02 Å². The average Bonchev–Trinajstić information content (AvgIpc) is 3.14. The Balaban J connectivity index is 1.68. The molecule has 164 valence electrons. The molecule has 4 rings (SSSR count). The van der Waals surface area contributed by atoms with Gasteiger partial charge in [-0.1, -0.05) is 41.9 Å². The van der Waals surface area contributed by atoms with Crippen molar-refractivity contribution >= 4 is 28.5 Å². The molecular weight excluding hydrogens is 441 g/mol. The predicted molar refractivity (Wildman–Crippen MR) is 116 cm³/mol. The number of pyridine rings is 1. The molecule has 0 saturated carbocycles. The number of fused-ring (bicyclic) bond motifs is 1. The molecule has 32 heavy (non-hydrogen) atoms. The van der Waals surface area contributed by atoms with E-state index in [9.17, 15) is 18.0 Å². The van der Waals surface area contributed by atoms with Crippen LogP contribution in [0.25, 0.3) is 22.3 Å². The number of nitrogens with one attached hydrogen (secondary N) is 1. The molecule has 2 heterocycles. The van der Waals surface area contributed by atoms with E-state index >= 15 is 0 Å². The fraction of sp³-hybridized carbons (Fsp3) is 0.174. The Morgan fingerprint density at radius 1 is 1.12 bits per heavy atom. The maximum atomic E-state index is 13.5. The van der Waals surface area contributed by atoms with E-state index < -0.39 is 17.6 Å². The topological polar surface area (TPSA) is 59.8 Å². The number of rotatable bonds is 5. The first-order chi connectivity index (χ1) is 15.2. The third-order valence-electron chi connectivity index (χ3n) is 5.07. The van der Waals surface area contributed by atoms with E-state index in [-0.39, 0.29) is 16.8 Å². The Morgan fingerprint density at radius 3 is 2.56 bits per heavy atom. The van der Waals surface area contributed by atoms with Crippen LogP contribution in [0.1, 0.15) is 21.5 Å². The summed E-state index contributed by atoms with van der Waals surface area (Å²) in [6.07, 6.45) is -2.50. The first-order valence-corrected chi connectivity index (χ1v) is 10.1. The zero-order valence-electron chi connectivity index (χ0n) is 16.9. The lowest BCUT2D eigenvalue weighted by Crippen LogP contribution is -2.26. The maximum Gasteiger partial charge on any atom is 0.417 e. The molecule has 2 aromatic carbocycles. The molecule has 1 amide bonds. The van der Waals surface area contributed by atoms with Crippen LogP contribution in [0.5, 0.6) is 0 Å². The lowest BCUT2D eigenvalue weighted by atomic mass is 10.0. The van der Waals surface area contributed by atoms with Crippen LogP contribution in [-0.2, 0) is 19.6 Å². The Morgan fingerprint density at radius 2 is 1.84 bits per heavy atom. The summed E-state index contributed by atoms with van der Waals surface area (Å²) in [7, 11) is 1.62. The highest BCUT2D eigenvalue weighted by molar-refractivity contribution is 6.30. The van der Waals surface area contributed by atoms with Crippen molar-refractivity contribution in [2.24, 2.45) is 7.05 Å². The lowest BCUT2D eigenvalue weighted by Gasteiger charge is -2.14. The summed E-state index contributed by atoms with van der Waals surface area (Å²) in [6.45, 7) is 0.346. The number of hydrogen-bond acceptors (Lipinski definition) is 3. The summed E-state index contributed by atoms with van der Waals surface area (Å²) in [6, 6.07) is 13.8. The fourth-order valence-electron chi connectivity index (χ4n) is 3.46. The van der Waals surface area contributed by atoms with Gasteiger partial charge in [-0.2, -0.15) is 18.3 Å². The van der Waals surface area contributed by atoms with E-state index in [2.05, 4.69) is 15.4 Å². The van der Waals surface area contributed by atoms with Gasteiger partial charge in [0.05, 0.1) is 28.4 Å². The number of aryl methyl sites for hydroxylation is 1. The molecule has 9 heteroatoms. The number of nitrogens with zero attached hydrogens (tertiary/aromatic N) is 3.